The zero-order valence-corrected chi connectivity index (χ0v) is 16.6. The topological polar surface area (TPSA) is 116 Å². The molecule has 9 nitrogen and oxygen atoms in total. The van der Waals surface area contributed by atoms with E-state index in [1.165, 1.54) is 18.6 Å². The van der Waals surface area contributed by atoms with Crippen LogP contribution in [0.1, 0.15) is 0 Å². The Hall–Kier alpha value is -3.98. The van der Waals surface area contributed by atoms with E-state index in [1.807, 2.05) is 24.3 Å². The first-order valence-electron chi connectivity index (χ1n) is 9.91. The van der Waals surface area contributed by atoms with Crippen molar-refractivity contribution in [1.29, 1.82) is 0 Å². The van der Waals surface area contributed by atoms with Gasteiger partial charge in [-0.25, -0.2) is 15.0 Å². The Morgan fingerprint density at radius 2 is 1.87 bits per heavy atom. The minimum Gasteiger partial charge on any atom is -0.493 e. The Bertz CT molecular complexity index is 1270. The molecule has 0 radical (unpaired) electrons. The summed E-state index contributed by atoms with van der Waals surface area (Å²) < 4.78 is 5.41. The SMILES string of the molecule is O=c1[nH]cnc2cc(-c3ccc(O)nc3)nc(Nc3ccc(N4CCOCC4)cc3)c12. The van der Waals surface area contributed by atoms with Crippen molar-refractivity contribution in [2.45, 2.75) is 0 Å². The van der Waals surface area contributed by atoms with Crippen molar-refractivity contribution in [3.63, 3.8) is 0 Å². The second-order valence-corrected chi connectivity index (χ2v) is 7.16. The Labute approximate surface area is 177 Å². The zero-order valence-electron chi connectivity index (χ0n) is 16.6. The van der Waals surface area contributed by atoms with Crippen LogP contribution in [0, 0.1) is 0 Å². The van der Waals surface area contributed by atoms with Gasteiger partial charge in [0.15, 0.2) is 0 Å². The van der Waals surface area contributed by atoms with Crippen LogP contribution >= 0.6 is 0 Å². The van der Waals surface area contributed by atoms with Crippen LogP contribution in [0.4, 0.5) is 17.2 Å². The Morgan fingerprint density at radius 3 is 2.61 bits per heavy atom. The Kier molecular flexibility index (Phi) is 4.93. The van der Waals surface area contributed by atoms with Crippen LogP contribution in [-0.4, -0.2) is 51.3 Å². The number of morpholine rings is 1. The van der Waals surface area contributed by atoms with Crippen LogP contribution in [-0.2, 0) is 4.74 Å². The molecule has 5 rings (SSSR count). The number of fused-ring (bicyclic) bond motifs is 1. The number of pyridine rings is 2. The first-order valence-corrected chi connectivity index (χ1v) is 9.91. The van der Waals surface area contributed by atoms with Gasteiger partial charge in [-0.3, -0.25) is 4.79 Å². The van der Waals surface area contributed by atoms with E-state index >= 15 is 0 Å². The van der Waals surface area contributed by atoms with Gasteiger partial charge >= 0.3 is 0 Å². The van der Waals surface area contributed by atoms with Crippen LogP contribution in [0.25, 0.3) is 22.2 Å². The molecule has 1 saturated heterocycles. The van der Waals surface area contributed by atoms with Gasteiger partial charge in [-0.15, -0.1) is 0 Å². The lowest BCUT2D eigenvalue weighted by atomic mass is 10.1. The summed E-state index contributed by atoms with van der Waals surface area (Å²) in [6.07, 6.45) is 2.89. The number of aromatic amines is 1. The van der Waals surface area contributed by atoms with Crippen LogP contribution in [0.2, 0.25) is 0 Å². The Morgan fingerprint density at radius 1 is 1.06 bits per heavy atom. The highest BCUT2D eigenvalue weighted by molar-refractivity contribution is 5.92. The van der Waals surface area contributed by atoms with Gasteiger partial charge in [0, 0.05) is 42.3 Å². The first-order chi connectivity index (χ1) is 15.2. The minimum atomic E-state index is -0.277. The van der Waals surface area contributed by atoms with Gasteiger partial charge in [0.2, 0.25) is 5.88 Å². The highest BCUT2D eigenvalue weighted by Gasteiger charge is 2.14. The summed E-state index contributed by atoms with van der Waals surface area (Å²) in [5.74, 6) is 0.326. The average Bonchev–Trinajstić information content (AvgIpc) is 2.80. The van der Waals surface area contributed by atoms with E-state index in [0.29, 0.717) is 28.0 Å². The molecule has 31 heavy (non-hydrogen) atoms. The molecule has 156 valence electrons. The van der Waals surface area contributed by atoms with Gasteiger partial charge in [-0.05, 0) is 36.4 Å². The number of nitrogens with zero attached hydrogens (tertiary/aromatic N) is 4. The molecule has 1 aliphatic rings. The number of rotatable bonds is 4. The number of ether oxygens (including phenoxy) is 1. The van der Waals surface area contributed by atoms with Crippen LogP contribution in [0.5, 0.6) is 5.88 Å². The Balaban J connectivity index is 1.52. The molecule has 0 saturated carbocycles. The summed E-state index contributed by atoms with van der Waals surface area (Å²) in [4.78, 5) is 30.2. The summed E-state index contributed by atoms with van der Waals surface area (Å²) in [5, 5.41) is 13.1. The molecule has 0 amide bonds. The number of aromatic nitrogens is 4. The first kappa shape index (κ1) is 19.0. The number of aromatic hydroxyl groups is 1. The van der Waals surface area contributed by atoms with Gasteiger partial charge in [0.05, 0.1) is 30.8 Å². The number of hydrogen-bond acceptors (Lipinski definition) is 8. The van der Waals surface area contributed by atoms with Crippen molar-refractivity contribution in [1.82, 2.24) is 19.9 Å². The summed E-state index contributed by atoms with van der Waals surface area (Å²) >= 11 is 0. The lowest BCUT2D eigenvalue weighted by Gasteiger charge is -2.28. The minimum absolute atomic E-state index is 0.0715. The fourth-order valence-corrected chi connectivity index (χ4v) is 3.58. The highest BCUT2D eigenvalue weighted by Crippen LogP contribution is 2.28. The molecule has 0 spiro atoms. The molecule has 3 N–H and O–H groups in total. The van der Waals surface area contributed by atoms with Crippen molar-refractivity contribution >= 4 is 28.1 Å². The summed E-state index contributed by atoms with van der Waals surface area (Å²) in [5.41, 5.74) is 3.44. The molecule has 0 bridgehead atoms. The molecule has 9 heteroatoms. The fourth-order valence-electron chi connectivity index (χ4n) is 3.58. The van der Waals surface area contributed by atoms with E-state index in [9.17, 15) is 9.90 Å². The second-order valence-electron chi connectivity index (χ2n) is 7.16. The maximum Gasteiger partial charge on any atom is 0.262 e. The van der Waals surface area contributed by atoms with E-state index in [-0.39, 0.29) is 11.4 Å². The number of hydrogen-bond donors (Lipinski definition) is 3. The molecular formula is C22H20N6O3. The van der Waals surface area contributed by atoms with Gasteiger partial charge < -0.3 is 25.0 Å². The maximum atomic E-state index is 12.5. The lowest BCUT2D eigenvalue weighted by molar-refractivity contribution is 0.122. The molecule has 4 aromatic rings. The van der Waals surface area contributed by atoms with Crippen molar-refractivity contribution in [3.05, 3.63) is 65.3 Å². The van der Waals surface area contributed by atoms with Crippen molar-refractivity contribution in [2.24, 2.45) is 0 Å². The van der Waals surface area contributed by atoms with E-state index in [0.717, 1.165) is 37.7 Å². The smallest absolute Gasteiger partial charge is 0.262 e. The molecule has 0 aliphatic carbocycles. The van der Waals surface area contributed by atoms with Gasteiger partial charge in [0.1, 0.15) is 11.2 Å². The molecule has 1 fully saturated rings. The predicted molar refractivity (Wildman–Crippen MR) is 118 cm³/mol. The number of nitrogens with one attached hydrogen (secondary N) is 2. The third kappa shape index (κ3) is 3.90. The van der Waals surface area contributed by atoms with Crippen LogP contribution in [0.15, 0.2) is 59.8 Å². The van der Waals surface area contributed by atoms with Crippen molar-refractivity contribution < 1.29 is 9.84 Å². The quantitative estimate of drug-likeness (QED) is 0.465. The standard InChI is InChI=1S/C22H20N6O3/c29-19-6-1-14(12-23-19)17-11-18-20(22(30)25-13-24-18)21(27-17)26-15-2-4-16(5-3-15)28-7-9-31-10-8-28/h1-6,11-13H,7-10H2,(H,23,29)(H,26,27)(H,24,25,30). The van der Waals surface area contributed by atoms with Crippen molar-refractivity contribution in [2.75, 3.05) is 36.5 Å². The number of benzene rings is 1. The van der Waals surface area contributed by atoms with Crippen molar-refractivity contribution in [3.8, 4) is 17.1 Å². The summed E-state index contributed by atoms with van der Waals surface area (Å²) in [6, 6.07) is 12.9. The van der Waals surface area contributed by atoms with E-state index in [1.54, 1.807) is 12.1 Å². The zero-order chi connectivity index (χ0) is 21.2. The second kappa shape index (κ2) is 8.04. The molecule has 0 atom stereocenters. The molecule has 4 heterocycles. The largest absolute Gasteiger partial charge is 0.493 e. The molecule has 1 aromatic carbocycles. The van der Waals surface area contributed by atoms with Gasteiger partial charge in [-0.1, -0.05) is 0 Å². The normalized spacial score (nSPS) is 14.0. The van der Waals surface area contributed by atoms with E-state index in [4.69, 9.17) is 4.74 Å². The molecular weight excluding hydrogens is 396 g/mol. The third-order valence-corrected chi connectivity index (χ3v) is 5.17. The van der Waals surface area contributed by atoms with Crippen LogP contribution < -0.4 is 15.8 Å². The maximum absolute atomic E-state index is 12.5. The molecule has 0 unspecified atom stereocenters. The van der Waals surface area contributed by atoms with Gasteiger partial charge in [-0.2, -0.15) is 0 Å². The van der Waals surface area contributed by atoms with E-state index < -0.39 is 0 Å². The molecule has 1 aliphatic heterocycles. The fraction of sp³-hybridized carbons (Fsp3) is 0.182. The highest BCUT2D eigenvalue weighted by atomic mass is 16.5. The summed E-state index contributed by atoms with van der Waals surface area (Å²) in [6.45, 7) is 3.18. The lowest BCUT2D eigenvalue weighted by Crippen LogP contribution is -2.36. The summed E-state index contributed by atoms with van der Waals surface area (Å²) in [7, 11) is 0. The number of anilines is 3. The average molecular weight is 416 g/mol. The van der Waals surface area contributed by atoms with Crippen LogP contribution in [0.3, 0.4) is 0 Å². The van der Waals surface area contributed by atoms with Gasteiger partial charge in [0.25, 0.3) is 5.56 Å². The molecule has 3 aromatic heterocycles. The monoisotopic (exact) mass is 416 g/mol. The van der Waals surface area contributed by atoms with E-state index in [2.05, 4.69) is 30.2 Å². The third-order valence-electron chi connectivity index (χ3n) is 5.17. The number of H-pyrrole nitrogens is 1. The predicted octanol–water partition coefficient (Wildman–Crippen LogP) is 2.67.